The smallest absolute Gasteiger partial charge is 0.168 e. The fourth-order valence-corrected chi connectivity index (χ4v) is 2.03. The van der Waals surface area contributed by atoms with Gasteiger partial charge in [0.25, 0.3) is 0 Å². The molecule has 0 amide bonds. The second kappa shape index (κ2) is 6.33. The third-order valence-corrected chi connectivity index (χ3v) is 3.37. The van der Waals surface area contributed by atoms with Gasteiger partial charge in [0, 0.05) is 17.5 Å². The molecule has 20 heavy (non-hydrogen) atoms. The maximum absolute atomic E-state index is 12.3. The number of nitrogens with zero attached hydrogens (tertiary/aromatic N) is 1. The molecule has 0 spiro atoms. The third-order valence-electron chi connectivity index (χ3n) is 3.37. The van der Waals surface area contributed by atoms with Crippen molar-refractivity contribution in [1.29, 1.82) is 0 Å². The molecule has 2 aromatic rings. The number of Topliss-reactive ketones (excluding diaryl/α,β-unsaturated/α-hetero) is 1. The monoisotopic (exact) mass is 269 g/mol. The number of hydrogen-bond donors (Lipinski definition) is 0. The molecule has 1 aromatic heterocycles. The summed E-state index contributed by atoms with van der Waals surface area (Å²) in [6.45, 7) is 4.04. The molecule has 0 bridgehead atoms. The molecule has 0 radical (unpaired) electrons. The first kappa shape index (κ1) is 14.3. The highest BCUT2D eigenvalue weighted by Gasteiger charge is 2.10. The number of hydrogen-bond acceptors (Lipinski definition) is 3. The van der Waals surface area contributed by atoms with Crippen LogP contribution in [-0.4, -0.2) is 17.9 Å². The minimum Gasteiger partial charge on any atom is -0.496 e. The molecule has 0 atom stereocenters. The van der Waals surface area contributed by atoms with Gasteiger partial charge in [0.1, 0.15) is 5.75 Å². The van der Waals surface area contributed by atoms with Gasteiger partial charge in [-0.2, -0.15) is 0 Å². The van der Waals surface area contributed by atoms with Crippen molar-refractivity contribution in [2.24, 2.45) is 0 Å². The SMILES string of the molecule is CCc1ccc(CC(=O)c2ccc(C)c(OC)c2)nc1. The lowest BCUT2D eigenvalue weighted by molar-refractivity contribution is 0.0991. The lowest BCUT2D eigenvalue weighted by Crippen LogP contribution is -2.06. The van der Waals surface area contributed by atoms with E-state index in [2.05, 4.69) is 11.9 Å². The molecule has 0 saturated carbocycles. The van der Waals surface area contributed by atoms with Gasteiger partial charge in [-0.25, -0.2) is 0 Å². The molecule has 0 saturated heterocycles. The van der Waals surface area contributed by atoms with Crippen LogP contribution in [0.25, 0.3) is 0 Å². The van der Waals surface area contributed by atoms with E-state index in [1.54, 1.807) is 13.2 Å². The number of ether oxygens (including phenoxy) is 1. The lowest BCUT2D eigenvalue weighted by Gasteiger charge is -2.07. The molecule has 3 heteroatoms. The summed E-state index contributed by atoms with van der Waals surface area (Å²) in [6, 6.07) is 9.46. The first-order valence-corrected chi connectivity index (χ1v) is 6.75. The predicted molar refractivity (Wildman–Crippen MR) is 79.4 cm³/mol. The van der Waals surface area contributed by atoms with E-state index in [0.29, 0.717) is 12.0 Å². The minimum atomic E-state index is 0.0556. The fraction of sp³-hybridized carbons (Fsp3) is 0.294. The van der Waals surface area contributed by atoms with Gasteiger partial charge >= 0.3 is 0 Å². The number of methoxy groups -OCH3 is 1. The van der Waals surface area contributed by atoms with Gasteiger partial charge in [-0.15, -0.1) is 0 Å². The number of aromatic nitrogens is 1. The van der Waals surface area contributed by atoms with E-state index in [0.717, 1.165) is 23.4 Å². The van der Waals surface area contributed by atoms with Gasteiger partial charge in [0.05, 0.1) is 13.5 Å². The highest BCUT2D eigenvalue weighted by atomic mass is 16.5. The van der Waals surface area contributed by atoms with Gasteiger partial charge < -0.3 is 4.74 Å². The largest absolute Gasteiger partial charge is 0.496 e. The maximum atomic E-state index is 12.3. The Balaban J connectivity index is 2.14. The first-order valence-electron chi connectivity index (χ1n) is 6.75. The number of rotatable bonds is 5. The summed E-state index contributed by atoms with van der Waals surface area (Å²) in [4.78, 5) is 16.6. The van der Waals surface area contributed by atoms with E-state index in [-0.39, 0.29) is 5.78 Å². The zero-order chi connectivity index (χ0) is 14.5. The molecule has 0 aliphatic heterocycles. The predicted octanol–water partition coefficient (Wildman–Crippen LogP) is 3.39. The molecule has 0 unspecified atom stereocenters. The Kier molecular flexibility index (Phi) is 4.51. The number of pyridine rings is 1. The van der Waals surface area contributed by atoms with Gasteiger partial charge in [-0.3, -0.25) is 9.78 Å². The van der Waals surface area contributed by atoms with E-state index in [4.69, 9.17) is 4.74 Å². The van der Waals surface area contributed by atoms with Crippen molar-refractivity contribution in [3.8, 4) is 5.75 Å². The van der Waals surface area contributed by atoms with Crippen molar-refractivity contribution in [3.63, 3.8) is 0 Å². The van der Waals surface area contributed by atoms with Crippen LogP contribution >= 0.6 is 0 Å². The Morgan fingerprint density at radius 3 is 2.65 bits per heavy atom. The number of benzene rings is 1. The molecule has 0 aliphatic carbocycles. The first-order chi connectivity index (χ1) is 9.63. The molecule has 0 N–H and O–H groups in total. The van der Waals surface area contributed by atoms with Crippen molar-refractivity contribution in [2.75, 3.05) is 7.11 Å². The van der Waals surface area contributed by atoms with Crippen LogP contribution in [0.4, 0.5) is 0 Å². The molecule has 1 heterocycles. The third kappa shape index (κ3) is 3.23. The number of carbonyl (C=O) groups is 1. The molecule has 104 valence electrons. The molecule has 2 rings (SSSR count). The molecule has 3 nitrogen and oxygen atoms in total. The second-order valence-corrected chi connectivity index (χ2v) is 4.80. The van der Waals surface area contributed by atoms with Crippen LogP contribution in [0.5, 0.6) is 5.75 Å². The summed E-state index contributed by atoms with van der Waals surface area (Å²) in [5.74, 6) is 0.796. The van der Waals surface area contributed by atoms with Crippen LogP contribution in [0.15, 0.2) is 36.5 Å². The highest BCUT2D eigenvalue weighted by Crippen LogP contribution is 2.20. The Bertz CT molecular complexity index is 603. The fourth-order valence-electron chi connectivity index (χ4n) is 2.03. The second-order valence-electron chi connectivity index (χ2n) is 4.80. The Labute approximate surface area is 119 Å². The highest BCUT2D eigenvalue weighted by molar-refractivity contribution is 5.97. The van der Waals surface area contributed by atoms with Crippen LogP contribution in [0.1, 0.15) is 34.1 Å². The van der Waals surface area contributed by atoms with Crippen LogP contribution < -0.4 is 4.74 Å². The van der Waals surface area contributed by atoms with Gasteiger partial charge in [-0.05, 0) is 36.6 Å². The summed E-state index contributed by atoms with van der Waals surface area (Å²) >= 11 is 0. The Morgan fingerprint density at radius 2 is 2.05 bits per heavy atom. The topological polar surface area (TPSA) is 39.2 Å². The standard InChI is InChI=1S/C17H19NO2/c1-4-13-6-8-15(18-11-13)10-16(19)14-7-5-12(2)17(9-14)20-3/h5-9,11H,4,10H2,1-3H3. The summed E-state index contributed by atoms with van der Waals surface area (Å²) in [6.07, 6.45) is 3.10. The van der Waals surface area contributed by atoms with Crippen molar-refractivity contribution >= 4 is 5.78 Å². The number of aryl methyl sites for hydroxylation is 2. The quantitative estimate of drug-likeness (QED) is 0.781. The van der Waals surface area contributed by atoms with Crippen LogP contribution in [-0.2, 0) is 12.8 Å². The van der Waals surface area contributed by atoms with E-state index in [1.807, 2.05) is 37.4 Å². The van der Waals surface area contributed by atoms with Crippen LogP contribution in [0.3, 0.4) is 0 Å². The summed E-state index contributed by atoms with van der Waals surface area (Å²) in [5, 5.41) is 0. The molecular formula is C17H19NO2. The molecule has 1 aromatic carbocycles. The van der Waals surface area contributed by atoms with Gasteiger partial charge in [0.2, 0.25) is 0 Å². The van der Waals surface area contributed by atoms with Gasteiger partial charge in [0.15, 0.2) is 5.78 Å². The van der Waals surface area contributed by atoms with Crippen molar-refractivity contribution in [2.45, 2.75) is 26.7 Å². The average molecular weight is 269 g/mol. The van der Waals surface area contributed by atoms with Crippen molar-refractivity contribution in [1.82, 2.24) is 4.98 Å². The van der Waals surface area contributed by atoms with Gasteiger partial charge in [-0.1, -0.05) is 25.1 Å². The molecule has 0 fully saturated rings. The average Bonchev–Trinajstić information content (AvgIpc) is 2.48. The summed E-state index contributed by atoms with van der Waals surface area (Å²) < 4.78 is 5.25. The maximum Gasteiger partial charge on any atom is 0.168 e. The van der Waals surface area contributed by atoms with E-state index >= 15 is 0 Å². The zero-order valence-corrected chi connectivity index (χ0v) is 12.1. The van der Waals surface area contributed by atoms with Crippen molar-refractivity contribution in [3.05, 3.63) is 58.9 Å². The normalized spacial score (nSPS) is 10.3. The Morgan fingerprint density at radius 1 is 1.25 bits per heavy atom. The molecule has 0 aliphatic rings. The van der Waals surface area contributed by atoms with E-state index in [1.165, 1.54) is 5.56 Å². The van der Waals surface area contributed by atoms with E-state index in [9.17, 15) is 4.79 Å². The number of carbonyl (C=O) groups excluding carboxylic acids is 1. The summed E-state index contributed by atoms with van der Waals surface area (Å²) in [7, 11) is 1.61. The zero-order valence-electron chi connectivity index (χ0n) is 12.1. The van der Waals surface area contributed by atoms with Crippen LogP contribution in [0.2, 0.25) is 0 Å². The number of ketones is 1. The summed E-state index contributed by atoms with van der Waals surface area (Å²) in [5.41, 5.74) is 3.66. The molecular weight excluding hydrogens is 250 g/mol. The lowest BCUT2D eigenvalue weighted by atomic mass is 10.0. The minimum absolute atomic E-state index is 0.0556. The van der Waals surface area contributed by atoms with Crippen LogP contribution in [0, 0.1) is 6.92 Å². The Hall–Kier alpha value is -2.16. The van der Waals surface area contributed by atoms with Crippen molar-refractivity contribution < 1.29 is 9.53 Å². The van der Waals surface area contributed by atoms with E-state index < -0.39 is 0 Å².